The third-order valence-electron chi connectivity index (χ3n) is 3.04. The van der Waals surface area contributed by atoms with Crippen molar-refractivity contribution < 1.29 is 0 Å². The molecule has 0 saturated carbocycles. The van der Waals surface area contributed by atoms with Crippen molar-refractivity contribution in [3.05, 3.63) is 47.0 Å². The van der Waals surface area contributed by atoms with E-state index in [-0.39, 0.29) is 0 Å². The fraction of sp³-hybridized carbons (Fsp3) is 0.385. The number of hydrogen-bond donors (Lipinski definition) is 0. The van der Waals surface area contributed by atoms with Crippen molar-refractivity contribution >= 4 is 11.6 Å². The molecule has 0 aliphatic carbocycles. The predicted molar refractivity (Wildman–Crippen MR) is 69.2 cm³/mol. The summed E-state index contributed by atoms with van der Waals surface area (Å²) in [5.41, 5.74) is 1.36. The molecule has 0 fully saturated rings. The molecule has 1 unspecified atom stereocenters. The van der Waals surface area contributed by atoms with Crippen LogP contribution in [0, 0.1) is 6.92 Å². The summed E-state index contributed by atoms with van der Waals surface area (Å²) in [7, 11) is 0. The first-order chi connectivity index (χ1) is 8.18. The van der Waals surface area contributed by atoms with E-state index in [1.807, 2.05) is 17.6 Å². The van der Waals surface area contributed by atoms with Gasteiger partial charge in [-0.2, -0.15) is 0 Å². The van der Waals surface area contributed by atoms with Crippen LogP contribution in [0.15, 0.2) is 30.3 Å². The maximum absolute atomic E-state index is 5.96. The Balaban J connectivity index is 1.99. The van der Waals surface area contributed by atoms with Gasteiger partial charge in [-0.05, 0) is 36.4 Å². The molecule has 0 N–H and O–H groups in total. The van der Waals surface area contributed by atoms with Gasteiger partial charge >= 0.3 is 0 Å². The third kappa shape index (κ3) is 2.86. The monoisotopic (exact) mass is 249 g/mol. The zero-order chi connectivity index (χ0) is 12.3. The zero-order valence-electron chi connectivity index (χ0n) is 10.1. The van der Waals surface area contributed by atoms with E-state index in [4.69, 9.17) is 11.6 Å². The summed E-state index contributed by atoms with van der Waals surface area (Å²) in [5.74, 6) is 1.38. The summed E-state index contributed by atoms with van der Waals surface area (Å²) in [6.07, 6.45) is 1.03. The molecule has 0 aliphatic heterocycles. The van der Waals surface area contributed by atoms with Crippen LogP contribution in [0.25, 0.3) is 0 Å². The quantitative estimate of drug-likeness (QED) is 0.831. The molecule has 0 amide bonds. The van der Waals surface area contributed by atoms with E-state index >= 15 is 0 Å². The molecule has 2 aromatic rings. The molecule has 1 atom stereocenters. The van der Waals surface area contributed by atoms with Crippen LogP contribution < -0.4 is 0 Å². The summed E-state index contributed by atoms with van der Waals surface area (Å²) in [4.78, 5) is 0. The fourth-order valence-electron chi connectivity index (χ4n) is 1.88. The molecule has 2 rings (SSSR count). The molecule has 0 bridgehead atoms. The lowest BCUT2D eigenvalue weighted by Crippen LogP contribution is -2.04. The number of halogens is 1. The third-order valence-corrected chi connectivity index (χ3v) is 3.32. The molecule has 3 nitrogen and oxygen atoms in total. The van der Waals surface area contributed by atoms with Crippen LogP contribution in [-0.4, -0.2) is 14.8 Å². The Morgan fingerprint density at radius 3 is 2.53 bits per heavy atom. The number of nitrogens with zero attached hydrogens (tertiary/aromatic N) is 3. The first-order valence-electron chi connectivity index (χ1n) is 5.78. The van der Waals surface area contributed by atoms with E-state index in [0.29, 0.717) is 11.2 Å². The van der Waals surface area contributed by atoms with Gasteiger partial charge < -0.3 is 4.57 Å². The van der Waals surface area contributed by atoms with E-state index in [2.05, 4.69) is 41.4 Å². The molecular weight excluding hydrogens is 234 g/mol. The zero-order valence-corrected chi connectivity index (χ0v) is 10.9. The van der Waals surface area contributed by atoms with E-state index in [1.165, 1.54) is 5.56 Å². The van der Waals surface area contributed by atoms with Crippen molar-refractivity contribution in [2.45, 2.75) is 32.7 Å². The second-order valence-electron chi connectivity index (χ2n) is 4.27. The SMILES string of the molecule is Cc1nnc(Cl)n1CCC(C)c1ccccc1. The molecule has 1 aromatic carbocycles. The molecule has 1 aromatic heterocycles. The number of benzene rings is 1. The summed E-state index contributed by atoms with van der Waals surface area (Å²) in [6, 6.07) is 10.5. The second kappa shape index (κ2) is 5.32. The lowest BCUT2D eigenvalue weighted by molar-refractivity contribution is 0.566. The molecule has 0 radical (unpaired) electrons. The largest absolute Gasteiger partial charge is 0.302 e. The van der Waals surface area contributed by atoms with Gasteiger partial charge in [-0.3, -0.25) is 0 Å². The molecule has 4 heteroatoms. The predicted octanol–water partition coefficient (Wildman–Crippen LogP) is 3.43. The summed E-state index contributed by atoms with van der Waals surface area (Å²) in [5, 5.41) is 8.27. The lowest BCUT2D eigenvalue weighted by Gasteiger charge is -2.12. The van der Waals surface area contributed by atoms with Gasteiger partial charge in [0.25, 0.3) is 0 Å². The molecule has 0 spiro atoms. The van der Waals surface area contributed by atoms with Crippen LogP contribution in [0.1, 0.15) is 30.7 Å². The topological polar surface area (TPSA) is 30.7 Å². The highest BCUT2D eigenvalue weighted by Gasteiger charge is 2.09. The molecule has 1 heterocycles. The number of aryl methyl sites for hydroxylation is 1. The van der Waals surface area contributed by atoms with E-state index < -0.39 is 0 Å². The Bertz CT molecular complexity index is 459. The second-order valence-corrected chi connectivity index (χ2v) is 4.61. The van der Waals surface area contributed by atoms with E-state index in [1.54, 1.807) is 0 Å². The highest BCUT2D eigenvalue weighted by atomic mass is 35.5. The maximum atomic E-state index is 5.96. The lowest BCUT2D eigenvalue weighted by atomic mass is 9.98. The van der Waals surface area contributed by atoms with E-state index in [0.717, 1.165) is 18.8 Å². The molecule has 0 aliphatic rings. The molecule has 0 saturated heterocycles. The fourth-order valence-corrected chi connectivity index (χ4v) is 2.12. The molecular formula is C13H16ClN3. The average molecular weight is 250 g/mol. The van der Waals surface area contributed by atoms with Crippen LogP contribution in [0.3, 0.4) is 0 Å². The molecule has 90 valence electrons. The maximum Gasteiger partial charge on any atom is 0.225 e. The average Bonchev–Trinajstić information content (AvgIpc) is 2.67. The van der Waals surface area contributed by atoms with Gasteiger partial charge in [-0.15, -0.1) is 10.2 Å². The van der Waals surface area contributed by atoms with Crippen molar-refractivity contribution in [1.82, 2.24) is 14.8 Å². The van der Waals surface area contributed by atoms with Gasteiger partial charge in [0, 0.05) is 6.54 Å². The smallest absolute Gasteiger partial charge is 0.225 e. The van der Waals surface area contributed by atoms with Crippen molar-refractivity contribution in [2.75, 3.05) is 0 Å². The highest BCUT2D eigenvalue weighted by molar-refractivity contribution is 6.28. The van der Waals surface area contributed by atoms with Crippen LogP contribution >= 0.6 is 11.6 Å². The number of hydrogen-bond acceptors (Lipinski definition) is 2. The van der Waals surface area contributed by atoms with Gasteiger partial charge in [0.2, 0.25) is 5.28 Å². The summed E-state index contributed by atoms with van der Waals surface area (Å²) in [6.45, 7) is 5.00. The molecule has 17 heavy (non-hydrogen) atoms. The number of aromatic nitrogens is 3. The Labute approximate surface area is 106 Å². The van der Waals surface area contributed by atoms with Crippen LogP contribution in [0.2, 0.25) is 5.28 Å². The van der Waals surface area contributed by atoms with Crippen molar-refractivity contribution in [3.8, 4) is 0 Å². The first kappa shape index (κ1) is 12.1. The first-order valence-corrected chi connectivity index (χ1v) is 6.16. The van der Waals surface area contributed by atoms with E-state index in [9.17, 15) is 0 Å². The van der Waals surface area contributed by atoms with Crippen LogP contribution in [-0.2, 0) is 6.54 Å². The van der Waals surface area contributed by atoms with Crippen molar-refractivity contribution in [2.24, 2.45) is 0 Å². The Morgan fingerprint density at radius 1 is 1.24 bits per heavy atom. The Kier molecular flexibility index (Phi) is 3.79. The Morgan fingerprint density at radius 2 is 1.94 bits per heavy atom. The highest BCUT2D eigenvalue weighted by Crippen LogP contribution is 2.20. The van der Waals surface area contributed by atoms with Gasteiger partial charge in [0.05, 0.1) is 0 Å². The summed E-state index contributed by atoms with van der Waals surface area (Å²) < 4.78 is 1.95. The van der Waals surface area contributed by atoms with Gasteiger partial charge in [0.1, 0.15) is 5.82 Å². The van der Waals surface area contributed by atoms with Crippen molar-refractivity contribution in [1.29, 1.82) is 0 Å². The Hall–Kier alpha value is -1.35. The summed E-state index contributed by atoms with van der Waals surface area (Å²) >= 11 is 5.96. The van der Waals surface area contributed by atoms with Crippen LogP contribution in [0.5, 0.6) is 0 Å². The van der Waals surface area contributed by atoms with Gasteiger partial charge in [-0.25, -0.2) is 0 Å². The standard InChI is InChI=1S/C13H16ClN3/c1-10(12-6-4-3-5-7-12)8-9-17-11(2)15-16-13(17)14/h3-7,10H,8-9H2,1-2H3. The minimum atomic E-state index is 0.475. The minimum Gasteiger partial charge on any atom is -0.302 e. The number of rotatable bonds is 4. The van der Waals surface area contributed by atoms with Gasteiger partial charge in [-0.1, -0.05) is 37.3 Å². The van der Waals surface area contributed by atoms with Crippen LogP contribution in [0.4, 0.5) is 0 Å². The minimum absolute atomic E-state index is 0.475. The normalized spacial score (nSPS) is 12.6. The van der Waals surface area contributed by atoms with Gasteiger partial charge in [0.15, 0.2) is 0 Å². The van der Waals surface area contributed by atoms with Crippen molar-refractivity contribution in [3.63, 3.8) is 0 Å².